The van der Waals surface area contributed by atoms with Gasteiger partial charge in [0.1, 0.15) is 18.2 Å². The van der Waals surface area contributed by atoms with Crippen molar-refractivity contribution in [1.82, 2.24) is 9.97 Å². The predicted octanol–water partition coefficient (Wildman–Crippen LogP) is 3.87. The number of aryl methyl sites for hydroxylation is 1. The van der Waals surface area contributed by atoms with Crippen molar-refractivity contribution in [3.63, 3.8) is 0 Å². The van der Waals surface area contributed by atoms with Gasteiger partial charge < -0.3 is 15.4 Å². The second kappa shape index (κ2) is 7.38. The molecule has 112 valence electrons. The number of methoxy groups -OCH3 is 1. The van der Waals surface area contributed by atoms with Gasteiger partial charge in [-0.1, -0.05) is 6.07 Å². The highest BCUT2D eigenvalue weighted by Crippen LogP contribution is 2.26. The molecule has 1 heterocycles. The Labute approximate surface area is 133 Å². The van der Waals surface area contributed by atoms with E-state index in [9.17, 15) is 0 Å². The van der Waals surface area contributed by atoms with Crippen LogP contribution in [0, 0.1) is 6.92 Å². The van der Waals surface area contributed by atoms with Crippen molar-refractivity contribution >= 4 is 33.3 Å². The van der Waals surface area contributed by atoms with Gasteiger partial charge in [0.2, 0.25) is 0 Å². The molecule has 2 rings (SSSR count). The van der Waals surface area contributed by atoms with Crippen LogP contribution in [0.3, 0.4) is 0 Å². The highest BCUT2D eigenvalue weighted by Gasteiger charge is 2.06. The molecule has 0 aliphatic heterocycles. The highest BCUT2D eigenvalue weighted by molar-refractivity contribution is 9.10. The zero-order valence-corrected chi connectivity index (χ0v) is 14.0. The van der Waals surface area contributed by atoms with Crippen molar-refractivity contribution in [2.75, 3.05) is 24.3 Å². The maximum atomic E-state index is 5.12. The maximum absolute atomic E-state index is 5.12. The van der Waals surface area contributed by atoms with E-state index in [1.807, 2.05) is 19.1 Å². The molecule has 0 spiro atoms. The van der Waals surface area contributed by atoms with Gasteiger partial charge in [-0.05, 0) is 47.5 Å². The lowest BCUT2D eigenvalue weighted by molar-refractivity contribution is 0.178. The monoisotopic (exact) mass is 350 g/mol. The number of benzene rings is 1. The molecule has 1 aromatic carbocycles. The predicted molar refractivity (Wildman–Crippen MR) is 89.1 cm³/mol. The molecule has 0 bridgehead atoms. The lowest BCUT2D eigenvalue weighted by atomic mass is 10.2. The Bertz CT molecular complexity index is 594. The van der Waals surface area contributed by atoms with Crippen molar-refractivity contribution in [3.8, 4) is 0 Å². The summed E-state index contributed by atoms with van der Waals surface area (Å²) in [5, 5.41) is 6.50. The number of nitrogens with zero attached hydrogens (tertiary/aromatic N) is 2. The van der Waals surface area contributed by atoms with Gasteiger partial charge in [-0.2, -0.15) is 0 Å². The van der Waals surface area contributed by atoms with Crippen LogP contribution in [-0.2, 0) is 11.3 Å². The van der Waals surface area contributed by atoms with Crippen molar-refractivity contribution in [2.45, 2.75) is 20.5 Å². The van der Waals surface area contributed by atoms with Crippen LogP contribution in [-0.4, -0.2) is 23.6 Å². The first-order valence-electron chi connectivity index (χ1n) is 6.76. The maximum Gasteiger partial charge on any atom is 0.158 e. The average molecular weight is 351 g/mol. The zero-order valence-electron chi connectivity index (χ0n) is 12.4. The van der Waals surface area contributed by atoms with Crippen LogP contribution in [0.15, 0.2) is 28.7 Å². The average Bonchev–Trinajstić information content (AvgIpc) is 2.42. The van der Waals surface area contributed by atoms with Crippen LogP contribution in [0.2, 0.25) is 0 Å². The molecule has 0 radical (unpaired) electrons. The van der Waals surface area contributed by atoms with Crippen LogP contribution in [0.25, 0.3) is 0 Å². The number of aromatic nitrogens is 2. The Balaban J connectivity index is 2.29. The number of rotatable bonds is 6. The second-order valence-electron chi connectivity index (χ2n) is 4.63. The van der Waals surface area contributed by atoms with Crippen molar-refractivity contribution in [1.29, 1.82) is 0 Å². The molecule has 6 heteroatoms. The summed E-state index contributed by atoms with van der Waals surface area (Å²) in [5.74, 6) is 2.16. The Morgan fingerprint density at radius 2 is 1.95 bits per heavy atom. The van der Waals surface area contributed by atoms with E-state index >= 15 is 0 Å². The van der Waals surface area contributed by atoms with Gasteiger partial charge in [0.25, 0.3) is 0 Å². The third kappa shape index (κ3) is 4.41. The Hall–Kier alpha value is -1.66. The summed E-state index contributed by atoms with van der Waals surface area (Å²) in [7, 11) is 1.63. The smallest absolute Gasteiger partial charge is 0.158 e. The number of halogens is 1. The molecule has 1 aromatic heterocycles. The molecule has 0 fully saturated rings. The number of ether oxygens (including phenoxy) is 1. The quantitative estimate of drug-likeness (QED) is 0.827. The summed E-state index contributed by atoms with van der Waals surface area (Å²) in [4.78, 5) is 8.85. The Morgan fingerprint density at radius 3 is 2.62 bits per heavy atom. The fraction of sp³-hybridized carbons (Fsp3) is 0.333. The number of anilines is 3. The van der Waals surface area contributed by atoms with Gasteiger partial charge in [-0.3, -0.25) is 0 Å². The van der Waals surface area contributed by atoms with E-state index in [4.69, 9.17) is 4.74 Å². The van der Waals surface area contributed by atoms with Crippen LogP contribution >= 0.6 is 15.9 Å². The minimum absolute atomic E-state index is 0.378. The minimum atomic E-state index is 0.378. The van der Waals surface area contributed by atoms with E-state index in [1.165, 1.54) is 5.56 Å². The molecular weight excluding hydrogens is 332 g/mol. The molecule has 0 unspecified atom stereocenters. The van der Waals surface area contributed by atoms with E-state index in [0.717, 1.165) is 28.3 Å². The third-order valence-corrected chi connectivity index (χ3v) is 3.45. The van der Waals surface area contributed by atoms with Crippen LogP contribution in [0.5, 0.6) is 0 Å². The lowest BCUT2D eigenvalue weighted by Crippen LogP contribution is -2.07. The van der Waals surface area contributed by atoms with Crippen molar-refractivity contribution in [3.05, 3.63) is 40.1 Å². The number of hydrogen-bond donors (Lipinski definition) is 2. The molecule has 0 saturated carbocycles. The van der Waals surface area contributed by atoms with Gasteiger partial charge >= 0.3 is 0 Å². The zero-order chi connectivity index (χ0) is 15.2. The van der Waals surface area contributed by atoms with E-state index < -0.39 is 0 Å². The Kier molecular flexibility index (Phi) is 5.52. The molecule has 21 heavy (non-hydrogen) atoms. The summed E-state index contributed by atoms with van der Waals surface area (Å²) in [6.07, 6.45) is 0. The largest absolute Gasteiger partial charge is 0.377 e. The number of hydrogen-bond acceptors (Lipinski definition) is 5. The molecule has 0 atom stereocenters. The Morgan fingerprint density at radius 1 is 1.19 bits per heavy atom. The topological polar surface area (TPSA) is 59.1 Å². The van der Waals surface area contributed by atoms with Crippen LogP contribution in [0.1, 0.15) is 18.3 Å². The van der Waals surface area contributed by atoms with Crippen molar-refractivity contribution < 1.29 is 4.74 Å². The fourth-order valence-electron chi connectivity index (χ4n) is 1.89. The van der Waals surface area contributed by atoms with E-state index in [0.29, 0.717) is 12.4 Å². The van der Waals surface area contributed by atoms with E-state index in [2.05, 4.69) is 55.6 Å². The molecule has 0 aliphatic rings. The first-order valence-corrected chi connectivity index (χ1v) is 7.55. The molecule has 2 aromatic rings. The van der Waals surface area contributed by atoms with Gasteiger partial charge in [0.05, 0.1) is 5.69 Å². The van der Waals surface area contributed by atoms with Crippen molar-refractivity contribution in [2.24, 2.45) is 0 Å². The fourth-order valence-corrected chi connectivity index (χ4v) is 2.48. The first kappa shape index (κ1) is 15.7. The van der Waals surface area contributed by atoms with Crippen LogP contribution < -0.4 is 10.6 Å². The summed E-state index contributed by atoms with van der Waals surface area (Å²) in [6, 6.07) is 8.01. The van der Waals surface area contributed by atoms with Gasteiger partial charge in [0.15, 0.2) is 5.82 Å². The third-order valence-electron chi connectivity index (χ3n) is 2.79. The summed E-state index contributed by atoms with van der Waals surface area (Å²) in [6.45, 7) is 5.26. The van der Waals surface area contributed by atoms with Gasteiger partial charge in [-0.15, -0.1) is 0 Å². The standard InChI is InChI=1S/C15H19BrN4O/c1-4-17-13-8-14(20-15(19-13)9-21-3)18-12-6-5-10(2)7-11(12)16/h5-8H,4,9H2,1-3H3,(H2,17,18,19,20). The van der Waals surface area contributed by atoms with E-state index in [1.54, 1.807) is 7.11 Å². The lowest BCUT2D eigenvalue weighted by Gasteiger charge is -2.12. The number of nitrogens with one attached hydrogen (secondary N) is 2. The van der Waals surface area contributed by atoms with E-state index in [-0.39, 0.29) is 0 Å². The molecule has 2 N–H and O–H groups in total. The molecule has 5 nitrogen and oxygen atoms in total. The van der Waals surface area contributed by atoms with Gasteiger partial charge in [0, 0.05) is 24.2 Å². The second-order valence-corrected chi connectivity index (χ2v) is 5.48. The SMILES string of the molecule is CCNc1cc(Nc2ccc(C)cc2Br)nc(COC)n1. The summed E-state index contributed by atoms with van der Waals surface area (Å²) in [5.41, 5.74) is 2.16. The highest BCUT2D eigenvalue weighted by atomic mass is 79.9. The van der Waals surface area contributed by atoms with Crippen LogP contribution in [0.4, 0.5) is 17.3 Å². The molecule has 0 saturated heterocycles. The summed E-state index contributed by atoms with van der Waals surface area (Å²) >= 11 is 3.56. The molecule has 0 amide bonds. The molecular formula is C15H19BrN4O. The first-order chi connectivity index (χ1) is 10.1. The van der Waals surface area contributed by atoms with Gasteiger partial charge in [-0.25, -0.2) is 9.97 Å². The summed E-state index contributed by atoms with van der Waals surface area (Å²) < 4.78 is 6.12. The normalized spacial score (nSPS) is 10.5. The minimum Gasteiger partial charge on any atom is -0.377 e. The molecule has 0 aliphatic carbocycles.